The number of hydrogen-bond donors (Lipinski definition) is 0. The van der Waals surface area contributed by atoms with Crippen LogP contribution in [0.15, 0.2) is 23.1 Å². The van der Waals surface area contributed by atoms with Gasteiger partial charge in [-0.05, 0) is 39.9 Å². The first-order chi connectivity index (χ1) is 10.6. The van der Waals surface area contributed by atoms with Gasteiger partial charge in [0, 0.05) is 0 Å². The van der Waals surface area contributed by atoms with Crippen molar-refractivity contribution in [1.82, 2.24) is 0 Å². The smallest absolute Gasteiger partial charge is 0.266 e. The molecule has 0 amide bonds. The van der Waals surface area contributed by atoms with Gasteiger partial charge in [-0.15, -0.1) is 0 Å². The molecule has 0 aliphatic heterocycles. The molecule has 0 atom stereocenters. The highest BCUT2D eigenvalue weighted by molar-refractivity contribution is 7.86. The summed E-state index contributed by atoms with van der Waals surface area (Å²) in [4.78, 5) is 0.304. The van der Waals surface area contributed by atoms with E-state index in [0.29, 0.717) is 4.90 Å². The van der Waals surface area contributed by atoms with Gasteiger partial charge in [0.1, 0.15) is 0 Å². The molecule has 0 aliphatic carbocycles. The van der Waals surface area contributed by atoms with Crippen LogP contribution in [0.4, 0.5) is 0 Å². The first-order valence-corrected chi connectivity index (χ1v) is 10.1. The third kappa shape index (κ3) is 5.32. The van der Waals surface area contributed by atoms with Crippen LogP contribution in [-0.2, 0) is 25.1 Å². The van der Waals surface area contributed by atoms with E-state index in [1.165, 1.54) is 0 Å². The van der Waals surface area contributed by atoms with E-state index in [4.69, 9.17) is 4.18 Å². The summed E-state index contributed by atoms with van der Waals surface area (Å²) in [6.07, 6.45) is 0.935. The molecule has 0 saturated carbocycles. The van der Waals surface area contributed by atoms with Crippen LogP contribution in [0.5, 0.6) is 0 Å². The third-order valence-electron chi connectivity index (χ3n) is 4.37. The molecule has 1 aromatic rings. The summed E-state index contributed by atoms with van der Waals surface area (Å²) in [6, 6.07) is 5.80. The van der Waals surface area contributed by atoms with Crippen molar-refractivity contribution >= 4 is 10.1 Å². The molecule has 138 valence electrons. The zero-order chi connectivity index (χ0) is 19.0. The SMILES string of the molecule is CCC(C)(C)c1ccc(C(C)(C)C)c(S(=O)(=O)OCC(C)(C)C)c1. The maximum absolute atomic E-state index is 12.9. The van der Waals surface area contributed by atoms with Gasteiger partial charge in [0.05, 0.1) is 11.5 Å². The van der Waals surface area contributed by atoms with Crippen LogP contribution >= 0.6 is 0 Å². The highest BCUT2D eigenvalue weighted by Gasteiger charge is 2.30. The second-order valence-electron chi connectivity index (χ2n) is 9.48. The average molecular weight is 355 g/mol. The molecular formula is C20H34O3S. The fourth-order valence-corrected chi connectivity index (χ4v) is 3.84. The van der Waals surface area contributed by atoms with Crippen molar-refractivity contribution < 1.29 is 12.6 Å². The Morgan fingerprint density at radius 1 is 0.958 bits per heavy atom. The molecular weight excluding hydrogens is 320 g/mol. The maximum Gasteiger partial charge on any atom is 0.297 e. The van der Waals surface area contributed by atoms with Gasteiger partial charge in [0.2, 0.25) is 0 Å². The van der Waals surface area contributed by atoms with E-state index in [0.717, 1.165) is 17.5 Å². The van der Waals surface area contributed by atoms with Gasteiger partial charge in [-0.2, -0.15) is 8.42 Å². The van der Waals surface area contributed by atoms with E-state index < -0.39 is 10.1 Å². The lowest BCUT2D eigenvalue weighted by atomic mass is 9.79. The Kier molecular flexibility index (Phi) is 6.00. The minimum absolute atomic E-state index is 0.0787. The van der Waals surface area contributed by atoms with E-state index in [1.807, 2.05) is 59.7 Å². The van der Waals surface area contributed by atoms with E-state index in [2.05, 4.69) is 20.8 Å². The summed E-state index contributed by atoms with van der Waals surface area (Å²) >= 11 is 0. The summed E-state index contributed by atoms with van der Waals surface area (Å²) in [7, 11) is -3.80. The van der Waals surface area contributed by atoms with Crippen molar-refractivity contribution in [3.63, 3.8) is 0 Å². The molecule has 0 heterocycles. The van der Waals surface area contributed by atoms with Gasteiger partial charge in [-0.1, -0.05) is 74.4 Å². The van der Waals surface area contributed by atoms with E-state index >= 15 is 0 Å². The van der Waals surface area contributed by atoms with Crippen LogP contribution in [-0.4, -0.2) is 15.0 Å². The molecule has 0 bridgehead atoms. The standard InChI is InChI=1S/C20H34O3S/c1-10-20(8,9)15-11-12-16(19(5,6)7)17(13-15)24(21,22)23-14-18(2,3)4/h11-13H,10,14H2,1-9H3. The molecule has 0 saturated heterocycles. The van der Waals surface area contributed by atoms with E-state index in [1.54, 1.807) is 0 Å². The van der Waals surface area contributed by atoms with Crippen LogP contribution in [0, 0.1) is 5.41 Å². The summed E-state index contributed by atoms with van der Waals surface area (Å²) in [5.41, 5.74) is 1.26. The summed E-state index contributed by atoms with van der Waals surface area (Å²) in [5, 5.41) is 0. The molecule has 0 N–H and O–H groups in total. The van der Waals surface area contributed by atoms with Crippen LogP contribution < -0.4 is 0 Å². The topological polar surface area (TPSA) is 43.4 Å². The normalized spacial score (nSPS) is 14.0. The summed E-state index contributed by atoms with van der Waals surface area (Å²) in [5.74, 6) is 0. The molecule has 0 aromatic heterocycles. The molecule has 4 heteroatoms. The predicted octanol–water partition coefficient (Wildman–Crippen LogP) is 5.42. The summed E-state index contributed by atoms with van der Waals surface area (Å²) < 4.78 is 31.2. The van der Waals surface area contributed by atoms with E-state index in [-0.39, 0.29) is 22.9 Å². The molecule has 1 aromatic carbocycles. The molecule has 1 rings (SSSR count). The Morgan fingerprint density at radius 3 is 1.92 bits per heavy atom. The van der Waals surface area contributed by atoms with Crippen molar-refractivity contribution in [1.29, 1.82) is 0 Å². The van der Waals surface area contributed by atoms with Crippen LogP contribution in [0.1, 0.15) is 79.9 Å². The van der Waals surface area contributed by atoms with Gasteiger partial charge < -0.3 is 0 Å². The van der Waals surface area contributed by atoms with Crippen molar-refractivity contribution in [3.8, 4) is 0 Å². The molecule has 0 radical (unpaired) electrons. The first-order valence-electron chi connectivity index (χ1n) is 8.65. The quantitative estimate of drug-likeness (QED) is 0.663. The second kappa shape index (κ2) is 6.80. The minimum atomic E-state index is -3.80. The zero-order valence-electron chi connectivity index (χ0n) is 16.8. The van der Waals surface area contributed by atoms with Crippen molar-refractivity contribution in [2.24, 2.45) is 5.41 Å². The molecule has 0 spiro atoms. The molecule has 3 nitrogen and oxygen atoms in total. The highest BCUT2D eigenvalue weighted by Crippen LogP contribution is 2.35. The number of rotatable bonds is 5. The van der Waals surface area contributed by atoms with Gasteiger partial charge in [0.15, 0.2) is 0 Å². The van der Waals surface area contributed by atoms with Crippen molar-refractivity contribution in [2.75, 3.05) is 6.61 Å². The average Bonchev–Trinajstić information content (AvgIpc) is 2.43. The monoisotopic (exact) mass is 354 g/mol. The van der Waals surface area contributed by atoms with Crippen LogP contribution in [0.2, 0.25) is 0 Å². The molecule has 24 heavy (non-hydrogen) atoms. The largest absolute Gasteiger partial charge is 0.297 e. The predicted molar refractivity (Wildman–Crippen MR) is 101 cm³/mol. The Morgan fingerprint density at radius 2 is 1.50 bits per heavy atom. The number of benzene rings is 1. The Bertz CT molecular complexity index is 672. The lowest BCUT2D eigenvalue weighted by Crippen LogP contribution is -2.24. The molecule has 0 unspecified atom stereocenters. The summed E-state index contributed by atoms with van der Waals surface area (Å²) in [6.45, 7) is 18.5. The van der Waals surface area contributed by atoms with Crippen LogP contribution in [0.3, 0.4) is 0 Å². The van der Waals surface area contributed by atoms with Gasteiger partial charge in [-0.25, -0.2) is 0 Å². The molecule has 0 fully saturated rings. The lowest BCUT2D eigenvalue weighted by Gasteiger charge is -2.28. The van der Waals surface area contributed by atoms with Crippen LogP contribution in [0.25, 0.3) is 0 Å². The fraction of sp³-hybridized carbons (Fsp3) is 0.700. The van der Waals surface area contributed by atoms with Gasteiger partial charge in [-0.3, -0.25) is 4.18 Å². The Balaban J connectivity index is 3.49. The van der Waals surface area contributed by atoms with E-state index in [9.17, 15) is 8.42 Å². The van der Waals surface area contributed by atoms with Crippen molar-refractivity contribution in [2.45, 2.75) is 84.5 Å². The maximum atomic E-state index is 12.9. The lowest BCUT2D eigenvalue weighted by molar-refractivity contribution is 0.203. The highest BCUT2D eigenvalue weighted by atomic mass is 32.2. The third-order valence-corrected chi connectivity index (χ3v) is 5.68. The first kappa shape index (κ1) is 21.2. The second-order valence-corrected chi connectivity index (χ2v) is 11.1. The fourth-order valence-electron chi connectivity index (χ4n) is 2.29. The minimum Gasteiger partial charge on any atom is -0.266 e. The van der Waals surface area contributed by atoms with Gasteiger partial charge in [0.25, 0.3) is 10.1 Å². The Hall–Kier alpha value is -0.870. The molecule has 0 aliphatic rings. The van der Waals surface area contributed by atoms with Gasteiger partial charge >= 0.3 is 0 Å². The van der Waals surface area contributed by atoms with Crippen molar-refractivity contribution in [3.05, 3.63) is 29.3 Å². The zero-order valence-corrected chi connectivity index (χ0v) is 17.6. The Labute approximate surface area is 148 Å². The number of hydrogen-bond acceptors (Lipinski definition) is 3.